The summed E-state index contributed by atoms with van der Waals surface area (Å²) in [7, 11) is 0. The summed E-state index contributed by atoms with van der Waals surface area (Å²) < 4.78 is 1.80. The Labute approximate surface area is 145 Å². The smallest absolute Gasteiger partial charge is 0.228 e. The molecule has 21 heavy (non-hydrogen) atoms. The molecule has 108 valence electrons. The van der Waals surface area contributed by atoms with Crippen molar-refractivity contribution in [2.45, 2.75) is 6.42 Å². The maximum absolute atomic E-state index is 12.1. The van der Waals surface area contributed by atoms with Crippen molar-refractivity contribution < 1.29 is 4.79 Å². The summed E-state index contributed by atoms with van der Waals surface area (Å²) in [5, 5.41) is 2.84. The zero-order chi connectivity index (χ0) is 15.4. The molecule has 1 amide bonds. The Morgan fingerprint density at radius 1 is 1.14 bits per heavy atom. The fourth-order valence-corrected chi connectivity index (χ4v) is 2.83. The van der Waals surface area contributed by atoms with Crippen LogP contribution < -0.4 is 11.1 Å². The molecule has 0 radical (unpaired) electrons. The van der Waals surface area contributed by atoms with E-state index in [1.54, 1.807) is 12.1 Å². The minimum absolute atomic E-state index is 0.118. The summed E-state index contributed by atoms with van der Waals surface area (Å²) in [5.74, 6) is -0.118. The van der Waals surface area contributed by atoms with E-state index in [0.29, 0.717) is 11.3 Å². The highest BCUT2D eigenvalue weighted by Gasteiger charge is 2.10. The number of halogens is 2. The van der Waals surface area contributed by atoms with Crippen molar-refractivity contribution in [2.24, 2.45) is 5.73 Å². The van der Waals surface area contributed by atoms with Gasteiger partial charge in [-0.05, 0) is 35.9 Å². The lowest BCUT2D eigenvalue weighted by Crippen LogP contribution is -2.19. The molecule has 0 aliphatic carbocycles. The van der Waals surface area contributed by atoms with Crippen molar-refractivity contribution in [3.05, 3.63) is 62.5 Å². The number of hydrogen-bond acceptors (Lipinski definition) is 2. The van der Waals surface area contributed by atoms with Gasteiger partial charge in [-0.3, -0.25) is 4.79 Å². The second-order valence-electron chi connectivity index (χ2n) is 4.41. The van der Waals surface area contributed by atoms with E-state index < -0.39 is 0 Å². The van der Waals surface area contributed by atoms with Crippen LogP contribution in [0.25, 0.3) is 0 Å². The van der Waals surface area contributed by atoms with Crippen molar-refractivity contribution in [2.75, 3.05) is 5.32 Å². The number of carbonyl (C=O) groups excluding carboxylic acids is 1. The number of anilines is 1. The molecule has 0 atom stereocenters. The van der Waals surface area contributed by atoms with E-state index in [9.17, 15) is 4.79 Å². The van der Waals surface area contributed by atoms with Crippen LogP contribution in [-0.4, -0.2) is 10.9 Å². The summed E-state index contributed by atoms with van der Waals surface area (Å²) in [6.07, 6.45) is 0.284. The third-order valence-corrected chi connectivity index (χ3v) is 3.98. The molecule has 0 aliphatic heterocycles. The highest BCUT2D eigenvalue weighted by molar-refractivity contribution is 9.10. The molecule has 3 nitrogen and oxygen atoms in total. The highest BCUT2D eigenvalue weighted by atomic mass is 79.9. The Balaban J connectivity index is 2.15. The van der Waals surface area contributed by atoms with E-state index in [-0.39, 0.29) is 17.3 Å². The zero-order valence-electron chi connectivity index (χ0n) is 10.9. The number of benzene rings is 2. The Hall–Kier alpha value is -1.24. The van der Waals surface area contributed by atoms with Gasteiger partial charge in [-0.2, -0.15) is 0 Å². The molecule has 0 heterocycles. The van der Waals surface area contributed by atoms with Gasteiger partial charge in [0.25, 0.3) is 0 Å². The van der Waals surface area contributed by atoms with Crippen LogP contribution in [0, 0.1) is 0 Å². The third kappa shape index (κ3) is 4.62. The minimum Gasteiger partial charge on any atom is -0.389 e. The normalized spacial score (nSPS) is 10.2. The number of nitrogens with two attached hydrogens (primary N) is 1. The van der Waals surface area contributed by atoms with Gasteiger partial charge in [0.2, 0.25) is 5.91 Å². The second kappa shape index (κ2) is 7.15. The molecular weight excluding hydrogens is 416 g/mol. The van der Waals surface area contributed by atoms with Crippen molar-refractivity contribution >= 4 is 60.7 Å². The fraction of sp³-hybridized carbons (Fsp3) is 0.0667. The summed E-state index contributed by atoms with van der Waals surface area (Å²) in [6, 6.07) is 13.0. The summed E-state index contributed by atoms with van der Waals surface area (Å²) >= 11 is 11.8. The maximum Gasteiger partial charge on any atom is 0.228 e. The molecule has 3 N–H and O–H groups in total. The van der Waals surface area contributed by atoms with E-state index in [2.05, 4.69) is 37.2 Å². The van der Waals surface area contributed by atoms with E-state index >= 15 is 0 Å². The molecule has 0 unspecified atom stereocenters. The predicted octanol–water partition coefficient (Wildman–Crippen LogP) is 4.03. The van der Waals surface area contributed by atoms with Crippen LogP contribution in [-0.2, 0) is 11.2 Å². The molecular formula is C15H12Br2N2OS. The number of carbonyl (C=O) groups is 1. The highest BCUT2D eigenvalue weighted by Crippen LogP contribution is 2.21. The topological polar surface area (TPSA) is 55.1 Å². The lowest BCUT2D eigenvalue weighted by atomic mass is 10.1. The number of amides is 1. The average Bonchev–Trinajstić information content (AvgIpc) is 2.40. The van der Waals surface area contributed by atoms with Gasteiger partial charge in [0.1, 0.15) is 4.99 Å². The Bertz CT molecular complexity index is 704. The summed E-state index contributed by atoms with van der Waals surface area (Å²) in [6.45, 7) is 0. The third-order valence-electron chi connectivity index (χ3n) is 2.77. The lowest BCUT2D eigenvalue weighted by Gasteiger charge is -2.11. The molecule has 0 aromatic heterocycles. The number of rotatable bonds is 4. The first kappa shape index (κ1) is 16.1. The van der Waals surface area contributed by atoms with E-state index in [1.807, 2.05) is 30.3 Å². The molecule has 0 saturated heterocycles. The molecule has 6 heteroatoms. The van der Waals surface area contributed by atoms with Crippen LogP contribution in [0.3, 0.4) is 0 Å². The first-order chi connectivity index (χ1) is 9.95. The average molecular weight is 428 g/mol. The zero-order valence-corrected chi connectivity index (χ0v) is 14.9. The van der Waals surface area contributed by atoms with Gasteiger partial charge in [-0.25, -0.2) is 0 Å². The van der Waals surface area contributed by atoms with Crippen molar-refractivity contribution in [1.29, 1.82) is 0 Å². The predicted molar refractivity (Wildman–Crippen MR) is 96.5 cm³/mol. The van der Waals surface area contributed by atoms with Crippen molar-refractivity contribution in [1.82, 2.24) is 0 Å². The van der Waals surface area contributed by atoms with E-state index in [4.69, 9.17) is 18.0 Å². The molecule has 2 rings (SSSR count). The van der Waals surface area contributed by atoms with Gasteiger partial charge < -0.3 is 11.1 Å². The van der Waals surface area contributed by atoms with Gasteiger partial charge in [0, 0.05) is 14.5 Å². The summed E-state index contributed by atoms with van der Waals surface area (Å²) in [4.78, 5) is 12.4. The van der Waals surface area contributed by atoms with E-state index in [1.165, 1.54) is 0 Å². The molecule has 0 saturated carbocycles. The van der Waals surface area contributed by atoms with Gasteiger partial charge >= 0.3 is 0 Å². The minimum atomic E-state index is -0.118. The first-order valence-electron chi connectivity index (χ1n) is 6.09. The van der Waals surface area contributed by atoms with Crippen LogP contribution in [0.2, 0.25) is 0 Å². The molecule has 2 aromatic rings. The number of nitrogens with one attached hydrogen (secondary N) is 1. The van der Waals surface area contributed by atoms with Crippen LogP contribution >= 0.6 is 44.1 Å². The standard InChI is InChI=1S/C15H12Br2N2OS/c16-10-3-1-2-9(6-10)7-14(20)19-13-5-4-11(17)8-12(13)15(18)21/h1-6,8H,7H2,(H2,18,21)(H,19,20). The molecule has 0 aliphatic rings. The SMILES string of the molecule is NC(=S)c1cc(Br)ccc1NC(=O)Cc1cccc(Br)c1. The Morgan fingerprint density at radius 2 is 1.86 bits per heavy atom. The number of hydrogen-bond donors (Lipinski definition) is 2. The van der Waals surface area contributed by atoms with Gasteiger partial charge in [0.15, 0.2) is 0 Å². The Kier molecular flexibility index (Phi) is 5.50. The van der Waals surface area contributed by atoms with Gasteiger partial charge in [-0.1, -0.05) is 56.2 Å². The van der Waals surface area contributed by atoms with E-state index in [0.717, 1.165) is 14.5 Å². The lowest BCUT2D eigenvalue weighted by molar-refractivity contribution is -0.115. The number of thiocarbonyl (C=S) groups is 1. The van der Waals surface area contributed by atoms with Crippen LogP contribution in [0.4, 0.5) is 5.69 Å². The first-order valence-corrected chi connectivity index (χ1v) is 8.09. The monoisotopic (exact) mass is 426 g/mol. The van der Waals surface area contributed by atoms with Gasteiger partial charge in [-0.15, -0.1) is 0 Å². The quantitative estimate of drug-likeness (QED) is 0.724. The van der Waals surface area contributed by atoms with Crippen LogP contribution in [0.1, 0.15) is 11.1 Å². The molecule has 0 spiro atoms. The van der Waals surface area contributed by atoms with Crippen LogP contribution in [0.15, 0.2) is 51.4 Å². The van der Waals surface area contributed by atoms with Gasteiger partial charge in [0.05, 0.1) is 12.1 Å². The largest absolute Gasteiger partial charge is 0.389 e. The van der Waals surface area contributed by atoms with Crippen molar-refractivity contribution in [3.63, 3.8) is 0 Å². The van der Waals surface area contributed by atoms with Crippen LogP contribution in [0.5, 0.6) is 0 Å². The maximum atomic E-state index is 12.1. The molecule has 0 bridgehead atoms. The van der Waals surface area contributed by atoms with Crippen molar-refractivity contribution in [3.8, 4) is 0 Å². The fourth-order valence-electron chi connectivity index (χ4n) is 1.86. The Morgan fingerprint density at radius 3 is 2.52 bits per heavy atom. The summed E-state index contributed by atoms with van der Waals surface area (Å²) in [5.41, 5.74) is 7.87. The molecule has 0 fully saturated rings. The molecule has 2 aromatic carbocycles. The second-order valence-corrected chi connectivity index (χ2v) is 6.68.